The Labute approximate surface area is 109 Å². The van der Waals surface area contributed by atoms with Crippen LogP contribution in [-0.4, -0.2) is 0 Å². The van der Waals surface area contributed by atoms with Crippen LogP contribution in [0.3, 0.4) is 0 Å². The summed E-state index contributed by atoms with van der Waals surface area (Å²) in [5.74, 6) is -0.756. The number of hydrogen-bond donors (Lipinski definition) is 1. The normalized spacial score (nSPS) is 14.3. The van der Waals surface area contributed by atoms with Crippen molar-refractivity contribution >= 4 is 11.6 Å². The molecule has 1 atom stereocenters. The Hall–Kier alpha value is -1.45. The van der Waals surface area contributed by atoms with Gasteiger partial charge in [-0.25, -0.2) is 8.78 Å². The van der Waals surface area contributed by atoms with Crippen molar-refractivity contribution in [1.29, 1.82) is 0 Å². The van der Waals surface area contributed by atoms with Gasteiger partial charge >= 0.3 is 0 Å². The fourth-order valence-electron chi connectivity index (χ4n) is 1.85. The van der Waals surface area contributed by atoms with Gasteiger partial charge in [-0.05, 0) is 48.4 Å². The molecular weight excluding hydrogens is 256 g/mol. The number of halogens is 3. The Morgan fingerprint density at radius 2 is 1.56 bits per heavy atom. The molecule has 1 unspecified atom stereocenters. The third-order valence-corrected chi connectivity index (χ3v) is 3.26. The standard InChI is InChI=1S/C14H12ClF2N/c1-14(18,9-2-4-10(16)5-3-9)12-8-11(17)6-7-13(12)15/h2-8H,18H2,1H3. The molecule has 1 nitrogen and oxygen atoms in total. The van der Waals surface area contributed by atoms with E-state index in [1.165, 1.54) is 30.3 Å². The maximum Gasteiger partial charge on any atom is 0.123 e. The molecular formula is C14H12ClF2N. The second kappa shape index (κ2) is 4.67. The van der Waals surface area contributed by atoms with Gasteiger partial charge in [0, 0.05) is 5.02 Å². The van der Waals surface area contributed by atoms with E-state index in [0.29, 0.717) is 16.1 Å². The van der Waals surface area contributed by atoms with Gasteiger partial charge in [0.2, 0.25) is 0 Å². The first-order valence-electron chi connectivity index (χ1n) is 5.42. The van der Waals surface area contributed by atoms with Gasteiger partial charge < -0.3 is 5.73 Å². The van der Waals surface area contributed by atoms with Crippen LogP contribution in [0.2, 0.25) is 5.02 Å². The maximum absolute atomic E-state index is 13.3. The van der Waals surface area contributed by atoms with Gasteiger partial charge in [-0.2, -0.15) is 0 Å². The molecule has 2 aromatic rings. The average Bonchev–Trinajstić information content (AvgIpc) is 2.32. The topological polar surface area (TPSA) is 26.0 Å². The molecule has 0 saturated heterocycles. The smallest absolute Gasteiger partial charge is 0.123 e. The molecule has 0 bridgehead atoms. The van der Waals surface area contributed by atoms with Crippen molar-refractivity contribution < 1.29 is 8.78 Å². The molecule has 0 amide bonds. The molecule has 0 saturated carbocycles. The van der Waals surface area contributed by atoms with E-state index in [1.54, 1.807) is 19.1 Å². The van der Waals surface area contributed by atoms with Gasteiger partial charge in [-0.3, -0.25) is 0 Å². The number of benzene rings is 2. The molecule has 0 aliphatic carbocycles. The van der Waals surface area contributed by atoms with E-state index in [0.717, 1.165) is 0 Å². The molecule has 18 heavy (non-hydrogen) atoms. The van der Waals surface area contributed by atoms with E-state index in [-0.39, 0.29) is 5.82 Å². The largest absolute Gasteiger partial charge is 0.318 e. The van der Waals surface area contributed by atoms with Gasteiger partial charge in [-0.1, -0.05) is 23.7 Å². The first-order chi connectivity index (χ1) is 8.41. The van der Waals surface area contributed by atoms with Crippen molar-refractivity contribution in [2.24, 2.45) is 5.73 Å². The fourth-order valence-corrected chi connectivity index (χ4v) is 2.16. The Morgan fingerprint density at radius 3 is 2.17 bits per heavy atom. The van der Waals surface area contributed by atoms with E-state index < -0.39 is 11.4 Å². The highest BCUT2D eigenvalue weighted by Gasteiger charge is 2.26. The summed E-state index contributed by atoms with van der Waals surface area (Å²) in [5, 5.41) is 0.380. The molecule has 0 aliphatic heterocycles. The lowest BCUT2D eigenvalue weighted by Crippen LogP contribution is -2.34. The van der Waals surface area contributed by atoms with Crippen molar-refractivity contribution in [3.05, 3.63) is 70.2 Å². The van der Waals surface area contributed by atoms with Crippen molar-refractivity contribution in [3.8, 4) is 0 Å². The van der Waals surface area contributed by atoms with Crippen LogP contribution < -0.4 is 5.73 Å². The third kappa shape index (κ3) is 2.37. The van der Waals surface area contributed by atoms with Gasteiger partial charge in [0.15, 0.2) is 0 Å². The zero-order chi connectivity index (χ0) is 13.3. The second-order valence-corrected chi connectivity index (χ2v) is 4.74. The van der Waals surface area contributed by atoms with E-state index in [1.807, 2.05) is 0 Å². The predicted molar refractivity (Wildman–Crippen MR) is 68.5 cm³/mol. The second-order valence-electron chi connectivity index (χ2n) is 4.33. The monoisotopic (exact) mass is 267 g/mol. The molecule has 0 heterocycles. The zero-order valence-electron chi connectivity index (χ0n) is 9.75. The summed E-state index contributed by atoms with van der Waals surface area (Å²) in [6.45, 7) is 1.71. The summed E-state index contributed by atoms with van der Waals surface area (Å²) >= 11 is 6.04. The van der Waals surface area contributed by atoms with Crippen LogP contribution in [0.15, 0.2) is 42.5 Å². The highest BCUT2D eigenvalue weighted by atomic mass is 35.5. The molecule has 2 N–H and O–H groups in total. The van der Waals surface area contributed by atoms with Crippen molar-refractivity contribution in [2.45, 2.75) is 12.5 Å². The van der Waals surface area contributed by atoms with Crippen LogP contribution in [0.1, 0.15) is 18.1 Å². The molecule has 2 aromatic carbocycles. The molecule has 2 rings (SSSR count). The fraction of sp³-hybridized carbons (Fsp3) is 0.143. The van der Waals surface area contributed by atoms with Crippen LogP contribution in [0, 0.1) is 11.6 Å². The number of hydrogen-bond acceptors (Lipinski definition) is 1. The van der Waals surface area contributed by atoms with Gasteiger partial charge in [0.1, 0.15) is 11.6 Å². The lowest BCUT2D eigenvalue weighted by atomic mass is 9.85. The summed E-state index contributed by atoms with van der Waals surface area (Å²) in [5.41, 5.74) is 6.36. The van der Waals surface area contributed by atoms with E-state index in [4.69, 9.17) is 17.3 Å². The van der Waals surface area contributed by atoms with E-state index >= 15 is 0 Å². The molecule has 4 heteroatoms. The minimum Gasteiger partial charge on any atom is -0.318 e. The molecule has 0 aliphatic rings. The maximum atomic E-state index is 13.3. The van der Waals surface area contributed by atoms with Gasteiger partial charge in [0.25, 0.3) is 0 Å². The van der Waals surface area contributed by atoms with Crippen LogP contribution in [0.25, 0.3) is 0 Å². The third-order valence-electron chi connectivity index (χ3n) is 2.93. The Balaban J connectivity index is 2.53. The van der Waals surface area contributed by atoms with Gasteiger partial charge in [-0.15, -0.1) is 0 Å². The highest BCUT2D eigenvalue weighted by Crippen LogP contribution is 2.32. The van der Waals surface area contributed by atoms with E-state index in [2.05, 4.69) is 0 Å². The summed E-state index contributed by atoms with van der Waals surface area (Å²) in [6.07, 6.45) is 0. The van der Waals surface area contributed by atoms with Crippen LogP contribution >= 0.6 is 11.6 Å². The van der Waals surface area contributed by atoms with Crippen LogP contribution in [0.4, 0.5) is 8.78 Å². The van der Waals surface area contributed by atoms with E-state index in [9.17, 15) is 8.78 Å². The first kappa shape index (κ1) is 13.0. The molecule has 0 fully saturated rings. The lowest BCUT2D eigenvalue weighted by Gasteiger charge is -2.27. The minimum atomic E-state index is -0.979. The van der Waals surface area contributed by atoms with Crippen molar-refractivity contribution in [3.63, 3.8) is 0 Å². The zero-order valence-corrected chi connectivity index (χ0v) is 10.5. The first-order valence-corrected chi connectivity index (χ1v) is 5.79. The molecule has 0 spiro atoms. The Morgan fingerprint density at radius 1 is 1.00 bits per heavy atom. The van der Waals surface area contributed by atoms with Crippen LogP contribution in [0.5, 0.6) is 0 Å². The molecule has 0 aromatic heterocycles. The van der Waals surface area contributed by atoms with Crippen LogP contribution in [-0.2, 0) is 5.54 Å². The van der Waals surface area contributed by atoms with Crippen molar-refractivity contribution in [1.82, 2.24) is 0 Å². The average molecular weight is 268 g/mol. The summed E-state index contributed by atoms with van der Waals surface area (Å²) < 4.78 is 26.2. The Bertz CT molecular complexity index is 565. The molecule has 94 valence electrons. The summed E-state index contributed by atoms with van der Waals surface area (Å²) in [7, 11) is 0. The SMILES string of the molecule is CC(N)(c1ccc(F)cc1)c1cc(F)ccc1Cl. The summed E-state index contributed by atoms with van der Waals surface area (Å²) in [4.78, 5) is 0. The van der Waals surface area contributed by atoms with Gasteiger partial charge in [0.05, 0.1) is 5.54 Å². The molecule has 0 radical (unpaired) electrons. The predicted octanol–water partition coefficient (Wildman–Crippen LogP) is 3.84. The number of rotatable bonds is 2. The lowest BCUT2D eigenvalue weighted by molar-refractivity contribution is 0.577. The Kier molecular flexibility index (Phi) is 3.37. The summed E-state index contributed by atoms with van der Waals surface area (Å²) in [6, 6.07) is 9.79. The number of nitrogens with two attached hydrogens (primary N) is 1. The quantitative estimate of drug-likeness (QED) is 0.879. The minimum absolute atomic E-state index is 0.347. The van der Waals surface area contributed by atoms with Crippen molar-refractivity contribution in [2.75, 3.05) is 0 Å². The highest BCUT2D eigenvalue weighted by molar-refractivity contribution is 6.31.